The summed E-state index contributed by atoms with van der Waals surface area (Å²) in [5, 5.41) is 14.2. The van der Waals surface area contributed by atoms with Gasteiger partial charge in [0.2, 0.25) is 5.91 Å². The number of nitrogens with one attached hydrogen (secondary N) is 2. The molecule has 10 heteroatoms. The highest BCUT2D eigenvalue weighted by Crippen LogP contribution is 2.06. The average Bonchev–Trinajstić information content (AvgIpc) is 2.72. The molecule has 0 saturated heterocycles. The van der Waals surface area contributed by atoms with Crippen molar-refractivity contribution in [1.29, 1.82) is 0 Å². The summed E-state index contributed by atoms with van der Waals surface area (Å²) in [6.07, 6.45) is 3.64. The predicted molar refractivity (Wildman–Crippen MR) is 121 cm³/mol. The minimum absolute atomic E-state index is 0.00989. The zero-order chi connectivity index (χ0) is 23.9. The number of carbonyl (C=O) groups excluding carboxylic acids is 2. The second-order valence-corrected chi connectivity index (χ2v) is 8.12. The Hall–Kier alpha value is -1.46. The molecule has 0 aromatic carbocycles. The van der Waals surface area contributed by atoms with Gasteiger partial charge in [-0.1, -0.05) is 12.8 Å². The van der Waals surface area contributed by atoms with Gasteiger partial charge < -0.3 is 39.4 Å². The molecule has 0 aliphatic carbocycles. The minimum atomic E-state index is -0.509. The molecule has 2 amide bonds. The topological polar surface area (TPSA) is 125 Å². The molecule has 0 heterocycles. The monoisotopic (exact) mass is 464 g/mol. The standard InChI is InChI=1S/C22H44N2O8/c1-22(2,3)32-21(27)24-10-13-29-15-17-31-19-18-30-16-14-28-12-8-20(26)23-9-6-4-5-7-11-25/h25H,4-19H2,1-3H3,(H,23,26)(H,24,27). The lowest BCUT2D eigenvalue weighted by atomic mass is 10.2. The van der Waals surface area contributed by atoms with Crippen LogP contribution in [0.25, 0.3) is 0 Å². The number of hydrogen-bond donors (Lipinski definition) is 3. The van der Waals surface area contributed by atoms with Crippen LogP contribution in [0.4, 0.5) is 4.79 Å². The highest BCUT2D eigenvalue weighted by Gasteiger charge is 2.15. The minimum Gasteiger partial charge on any atom is -0.444 e. The molecule has 0 spiro atoms. The molecule has 0 aromatic rings. The summed E-state index contributed by atoms with van der Waals surface area (Å²) >= 11 is 0. The van der Waals surface area contributed by atoms with Crippen LogP contribution in [-0.4, -0.2) is 95.3 Å². The van der Waals surface area contributed by atoms with Gasteiger partial charge in [0.25, 0.3) is 0 Å². The lowest BCUT2D eigenvalue weighted by molar-refractivity contribution is -0.122. The highest BCUT2D eigenvalue weighted by molar-refractivity contribution is 5.75. The number of ether oxygens (including phenoxy) is 5. The van der Waals surface area contributed by atoms with Gasteiger partial charge in [0.05, 0.1) is 52.9 Å². The quantitative estimate of drug-likeness (QED) is 0.219. The molecule has 190 valence electrons. The second-order valence-electron chi connectivity index (χ2n) is 8.12. The lowest BCUT2D eigenvalue weighted by Gasteiger charge is -2.19. The maximum Gasteiger partial charge on any atom is 0.407 e. The summed E-state index contributed by atoms with van der Waals surface area (Å²) in [7, 11) is 0. The van der Waals surface area contributed by atoms with Gasteiger partial charge in [0.15, 0.2) is 0 Å². The van der Waals surface area contributed by atoms with Crippen LogP contribution < -0.4 is 10.6 Å². The molecule has 0 fully saturated rings. The van der Waals surface area contributed by atoms with E-state index in [0.717, 1.165) is 25.7 Å². The Morgan fingerprint density at radius 3 is 1.78 bits per heavy atom. The van der Waals surface area contributed by atoms with Crippen molar-refractivity contribution in [3.8, 4) is 0 Å². The Labute approximate surface area is 192 Å². The van der Waals surface area contributed by atoms with Crippen LogP contribution in [0.5, 0.6) is 0 Å². The molecule has 0 aromatic heterocycles. The lowest BCUT2D eigenvalue weighted by Crippen LogP contribution is -2.34. The number of aliphatic hydroxyl groups excluding tert-OH is 1. The first-order valence-corrected chi connectivity index (χ1v) is 11.5. The Kier molecular flexibility index (Phi) is 20.4. The SMILES string of the molecule is CC(C)(C)OC(=O)NCCOCCOCCOCCOCCC(=O)NCCCCCCO. The zero-order valence-electron chi connectivity index (χ0n) is 20.1. The summed E-state index contributed by atoms with van der Waals surface area (Å²) in [6.45, 7) is 10.1. The zero-order valence-corrected chi connectivity index (χ0v) is 20.1. The van der Waals surface area contributed by atoms with Crippen molar-refractivity contribution in [1.82, 2.24) is 10.6 Å². The first-order valence-electron chi connectivity index (χ1n) is 11.5. The number of hydrogen-bond acceptors (Lipinski definition) is 8. The molecule has 3 N–H and O–H groups in total. The Balaban J connectivity index is 3.22. The molecule has 0 aliphatic heterocycles. The Morgan fingerprint density at radius 2 is 1.22 bits per heavy atom. The summed E-state index contributed by atoms with van der Waals surface area (Å²) in [4.78, 5) is 23.0. The van der Waals surface area contributed by atoms with Crippen LogP contribution in [0.15, 0.2) is 0 Å². The van der Waals surface area contributed by atoms with Gasteiger partial charge in [0.1, 0.15) is 5.60 Å². The molecule has 0 unspecified atom stereocenters. The first-order chi connectivity index (χ1) is 15.3. The van der Waals surface area contributed by atoms with E-state index in [9.17, 15) is 9.59 Å². The van der Waals surface area contributed by atoms with Gasteiger partial charge in [-0.25, -0.2) is 4.79 Å². The second kappa shape index (κ2) is 21.4. The Morgan fingerprint density at radius 1 is 0.688 bits per heavy atom. The van der Waals surface area contributed by atoms with Crippen molar-refractivity contribution >= 4 is 12.0 Å². The normalized spacial score (nSPS) is 11.4. The molecule has 0 saturated carbocycles. The molecule has 0 rings (SSSR count). The number of amides is 2. The van der Waals surface area contributed by atoms with E-state index in [1.54, 1.807) is 0 Å². The van der Waals surface area contributed by atoms with Gasteiger partial charge in [-0.15, -0.1) is 0 Å². The number of unbranched alkanes of at least 4 members (excludes halogenated alkanes) is 3. The number of aliphatic hydroxyl groups is 1. The van der Waals surface area contributed by atoms with E-state index >= 15 is 0 Å². The third-order valence-corrected chi connectivity index (χ3v) is 3.91. The first kappa shape index (κ1) is 30.5. The fourth-order valence-electron chi connectivity index (χ4n) is 2.37. The number of rotatable bonds is 21. The van der Waals surface area contributed by atoms with E-state index < -0.39 is 11.7 Å². The summed E-state index contributed by atoms with van der Waals surface area (Å²) in [6, 6.07) is 0. The van der Waals surface area contributed by atoms with Crippen LogP contribution in [0.2, 0.25) is 0 Å². The smallest absolute Gasteiger partial charge is 0.407 e. The number of carbonyl (C=O) groups is 2. The van der Waals surface area contributed by atoms with Crippen molar-refractivity contribution in [2.24, 2.45) is 0 Å². The summed E-state index contributed by atoms with van der Waals surface area (Å²) in [5.74, 6) is -0.00989. The fraction of sp³-hybridized carbons (Fsp3) is 0.909. The van der Waals surface area contributed by atoms with E-state index in [4.69, 9.17) is 28.8 Å². The molecule has 0 bridgehead atoms. The molecule has 0 radical (unpaired) electrons. The molecular formula is C22H44N2O8. The van der Waals surface area contributed by atoms with E-state index in [1.807, 2.05) is 20.8 Å². The van der Waals surface area contributed by atoms with Crippen molar-refractivity contribution < 1.29 is 38.4 Å². The van der Waals surface area contributed by atoms with Crippen LogP contribution >= 0.6 is 0 Å². The summed E-state index contributed by atoms with van der Waals surface area (Å²) < 4.78 is 26.6. The van der Waals surface area contributed by atoms with Crippen molar-refractivity contribution in [2.45, 2.75) is 58.5 Å². The van der Waals surface area contributed by atoms with E-state index in [1.165, 1.54) is 0 Å². The fourth-order valence-corrected chi connectivity index (χ4v) is 2.37. The summed E-state index contributed by atoms with van der Waals surface area (Å²) in [5.41, 5.74) is -0.509. The maximum absolute atomic E-state index is 11.6. The molecule has 32 heavy (non-hydrogen) atoms. The molecule has 0 aliphatic rings. The van der Waals surface area contributed by atoms with Gasteiger partial charge in [0, 0.05) is 26.1 Å². The van der Waals surface area contributed by atoms with Crippen LogP contribution in [0, 0.1) is 0 Å². The van der Waals surface area contributed by atoms with Crippen LogP contribution in [-0.2, 0) is 28.5 Å². The third kappa shape index (κ3) is 24.8. The van der Waals surface area contributed by atoms with Crippen LogP contribution in [0.3, 0.4) is 0 Å². The predicted octanol–water partition coefficient (Wildman–Crippen LogP) is 1.64. The van der Waals surface area contributed by atoms with Gasteiger partial charge in [-0.05, 0) is 33.6 Å². The average molecular weight is 465 g/mol. The van der Waals surface area contributed by atoms with Crippen LogP contribution in [0.1, 0.15) is 52.9 Å². The maximum atomic E-state index is 11.6. The Bertz CT molecular complexity index is 458. The third-order valence-electron chi connectivity index (χ3n) is 3.91. The van der Waals surface area contributed by atoms with Gasteiger partial charge in [-0.2, -0.15) is 0 Å². The van der Waals surface area contributed by atoms with E-state index in [2.05, 4.69) is 10.6 Å². The van der Waals surface area contributed by atoms with E-state index in [0.29, 0.717) is 72.4 Å². The van der Waals surface area contributed by atoms with Gasteiger partial charge in [-0.3, -0.25) is 4.79 Å². The van der Waals surface area contributed by atoms with Crippen molar-refractivity contribution in [2.75, 3.05) is 72.6 Å². The highest BCUT2D eigenvalue weighted by atomic mass is 16.6. The van der Waals surface area contributed by atoms with Gasteiger partial charge >= 0.3 is 6.09 Å². The molecular weight excluding hydrogens is 420 g/mol. The molecule has 0 atom stereocenters. The van der Waals surface area contributed by atoms with Crippen molar-refractivity contribution in [3.05, 3.63) is 0 Å². The largest absolute Gasteiger partial charge is 0.444 e. The van der Waals surface area contributed by atoms with E-state index in [-0.39, 0.29) is 12.5 Å². The number of alkyl carbamates (subject to hydrolysis) is 1. The van der Waals surface area contributed by atoms with Crippen molar-refractivity contribution in [3.63, 3.8) is 0 Å². The molecule has 10 nitrogen and oxygen atoms in total.